The molecule has 1 aromatic carbocycles. The predicted molar refractivity (Wildman–Crippen MR) is 163 cm³/mol. The molecule has 1 atom stereocenters. The standard InChI is InChI=1S/C31H38BrNOS2/c1-4-7-9-10-12-24-14-17-29(35-24)30-18-15-25(36-30)20-27-26-16-13-23(32)19-28(26)33(31(27)34)21-22(6-3)11-8-5-2/h13-20,22H,4-12,21H2,1-3H3/b27-20-. The molecule has 3 heterocycles. The van der Waals surface area contributed by atoms with Crippen LogP contribution in [0.5, 0.6) is 0 Å². The van der Waals surface area contributed by atoms with Gasteiger partial charge < -0.3 is 4.90 Å². The Balaban J connectivity index is 1.54. The molecule has 2 aromatic heterocycles. The van der Waals surface area contributed by atoms with E-state index in [4.69, 9.17) is 0 Å². The van der Waals surface area contributed by atoms with Gasteiger partial charge in [0.05, 0.1) is 11.3 Å². The Morgan fingerprint density at radius 3 is 2.47 bits per heavy atom. The van der Waals surface area contributed by atoms with Gasteiger partial charge >= 0.3 is 0 Å². The summed E-state index contributed by atoms with van der Waals surface area (Å²) >= 11 is 7.32. The van der Waals surface area contributed by atoms with Crippen LogP contribution in [0.25, 0.3) is 21.4 Å². The first kappa shape index (κ1) is 27.3. The number of hydrogen-bond acceptors (Lipinski definition) is 3. The number of aryl methyl sites for hydroxylation is 1. The van der Waals surface area contributed by atoms with Crippen LogP contribution in [0.4, 0.5) is 5.69 Å². The Bertz CT molecular complexity index is 1190. The highest BCUT2D eigenvalue weighted by molar-refractivity contribution is 9.10. The highest BCUT2D eigenvalue weighted by Crippen LogP contribution is 2.42. The third kappa shape index (κ3) is 6.59. The fourth-order valence-corrected chi connectivity index (χ4v) is 7.34. The first-order valence-corrected chi connectivity index (χ1v) is 16.0. The molecule has 1 aliphatic rings. The zero-order chi connectivity index (χ0) is 25.5. The second-order valence-corrected chi connectivity index (χ2v) is 13.0. The minimum atomic E-state index is 0.137. The molecule has 0 saturated heterocycles. The van der Waals surface area contributed by atoms with Crippen LogP contribution >= 0.6 is 38.6 Å². The van der Waals surface area contributed by atoms with Crippen molar-refractivity contribution in [3.8, 4) is 9.75 Å². The van der Waals surface area contributed by atoms with Crippen molar-refractivity contribution in [2.24, 2.45) is 5.92 Å². The summed E-state index contributed by atoms with van der Waals surface area (Å²) in [7, 11) is 0. The van der Waals surface area contributed by atoms with Gasteiger partial charge in [0.1, 0.15) is 0 Å². The third-order valence-corrected chi connectivity index (χ3v) is 9.96. The molecular weight excluding hydrogens is 546 g/mol. The summed E-state index contributed by atoms with van der Waals surface area (Å²) in [5.41, 5.74) is 2.91. The highest BCUT2D eigenvalue weighted by atomic mass is 79.9. The number of carbonyl (C=O) groups excluding carboxylic acids is 1. The highest BCUT2D eigenvalue weighted by Gasteiger charge is 2.33. The number of rotatable bonds is 13. The van der Waals surface area contributed by atoms with Crippen LogP contribution in [0.2, 0.25) is 0 Å². The van der Waals surface area contributed by atoms with Gasteiger partial charge in [0.25, 0.3) is 5.91 Å². The van der Waals surface area contributed by atoms with Gasteiger partial charge in [-0.15, -0.1) is 22.7 Å². The lowest BCUT2D eigenvalue weighted by Gasteiger charge is -2.23. The monoisotopic (exact) mass is 583 g/mol. The summed E-state index contributed by atoms with van der Waals surface area (Å²) in [4.78, 5) is 20.9. The second-order valence-electron chi connectivity index (χ2n) is 9.83. The molecular formula is C31H38BrNOS2. The molecule has 1 unspecified atom stereocenters. The Morgan fingerprint density at radius 1 is 0.917 bits per heavy atom. The minimum absolute atomic E-state index is 0.137. The van der Waals surface area contributed by atoms with Gasteiger partial charge in [0, 0.05) is 36.1 Å². The van der Waals surface area contributed by atoms with Crippen molar-refractivity contribution < 1.29 is 4.79 Å². The normalized spacial score (nSPS) is 15.2. The number of fused-ring (bicyclic) bond motifs is 1. The number of anilines is 1. The largest absolute Gasteiger partial charge is 0.307 e. The molecule has 0 saturated carbocycles. The zero-order valence-electron chi connectivity index (χ0n) is 21.8. The lowest BCUT2D eigenvalue weighted by Crippen LogP contribution is -2.32. The molecule has 0 spiro atoms. The first-order valence-electron chi connectivity index (χ1n) is 13.6. The lowest BCUT2D eigenvalue weighted by molar-refractivity contribution is -0.113. The summed E-state index contributed by atoms with van der Waals surface area (Å²) in [5.74, 6) is 0.668. The van der Waals surface area contributed by atoms with E-state index in [0.717, 1.165) is 39.1 Å². The van der Waals surface area contributed by atoms with Crippen molar-refractivity contribution in [1.29, 1.82) is 0 Å². The van der Waals surface area contributed by atoms with E-state index < -0.39 is 0 Å². The molecule has 0 N–H and O–H groups in total. The average Bonchev–Trinajstić information content (AvgIpc) is 3.60. The Hall–Kier alpha value is -1.69. The Kier molecular flexibility index (Phi) is 10.0. The summed E-state index contributed by atoms with van der Waals surface area (Å²) in [6, 6.07) is 15.2. The van der Waals surface area contributed by atoms with Gasteiger partial charge in [0.2, 0.25) is 0 Å². The van der Waals surface area contributed by atoms with Crippen LogP contribution < -0.4 is 4.90 Å². The van der Waals surface area contributed by atoms with Crippen molar-refractivity contribution in [2.45, 2.75) is 78.6 Å². The van der Waals surface area contributed by atoms with E-state index in [0.29, 0.717) is 5.92 Å². The van der Waals surface area contributed by atoms with Crippen LogP contribution in [0.15, 0.2) is 46.9 Å². The number of halogens is 1. The smallest absolute Gasteiger partial charge is 0.259 e. The molecule has 0 radical (unpaired) electrons. The fraction of sp³-hybridized carbons (Fsp3) is 0.452. The predicted octanol–water partition coefficient (Wildman–Crippen LogP) is 10.5. The Morgan fingerprint density at radius 2 is 1.69 bits per heavy atom. The van der Waals surface area contributed by atoms with Crippen LogP contribution in [0.1, 0.15) is 87.5 Å². The number of amides is 1. The second kappa shape index (κ2) is 13.2. The molecule has 0 bridgehead atoms. The van der Waals surface area contributed by atoms with Gasteiger partial charge in [0.15, 0.2) is 0 Å². The molecule has 2 nitrogen and oxygen atoms in total. The maximum Gasteiger partial charge on any atom is 0.259 e. The van der Waals surface area contributed by atoms with Crippen molar-refractivity contribution in [3.63, 3.8) is 0 Å². The number of unbranched alkanes of at least 4 members (excludes halogenated alkanes) is 4. The SMILES string of the molecule is CCCCCCc1ccc(-c2ccc(/C=C3\C(=O)N(CC(CC)CCCC)c4cc(Br)ccc43)s2)s1. The van der Waals surface area contributed by atoms with E-state index in [-0.39, 0.29) is 5.91 Å². The van der Waals surface area contributed by atoms with Crippen molar-refractivity contribution in [3.05, 3.63) is 62.3 Å². The van der Waals surface area contributed by atoms with Crippen molar-refractivity contribution in [2.75, 3.05) is 11.4 Å². The van der Waals surface area contributed by atoms with E-state index in [1.807, 2.05) is 22.3 Å². The maximum atomic E-state index is 13.7. The van der Waals surface area contributed by atoms with Crippen LogP contribution in [0.3, 0.4) is 0 Å². The van der Waals surface area contributed by atoms with Crippen molar-refractivity contribution >= 4 is 61.8 Å². The van der Waals surface area contributed by atoms with Gasteiger partial charge in [-0.3, -0.25) is 4.79 Å². The molecule has 1 amide bonds. The average molecular weight is 585 g/mol. The van der Waals surface area contributed by atoms with Crippen LogP contribution in [0, 0.1) is 5.92 Å². The third-order valence-electron chi connectivity index (χ3n) is 7.09. The van der Waals surface area contributed by atoms with E-state index in [1.54, 1.807) is 11.3 Å². The van der Waals surface area contributed by atoms with Crippen LogP contribution in [-0.4, -0.2) is 12.5 Å². The zero-order valence-corrected chi connectivity index (χ0v) is 25.0. The molecule has 1 aliphatic heterocycles. The van der Waals surface area contributed by atoms with E-state index in [2.05, 4.69) is 79.2 Å². The summed E-state index contributed by atoms with van der Waals surface area (Å²) in [6.07, 6.45) is 13.2. The summed E-state index contributed by atoms with van der Waals surface area (Å²) in [6.45, 7) is 7.54. The molecule has 0 fully saturated rings. The Labute approximate surface area is 233 Å². The number of hydrogen-bond donors (Lipinski definition) is 0. The van der Waals surface area contributed by atoms with Gasteiger partial charge in [-0.2, -0.15) is 0 Å². The number of carbonyl (C=O) groups is 1. The molecule has 36 heavy (non-hydrogen) atoms. The van der Waals surface area contributed by atoms with E-state index in [1.165, 1.54) is 66.0 Å². The quantitative estimate of drug-likeness (QED) is 0.145. The number of benzene rings is 1. The van der Waals surface area contributed by atoms with E-state index >= 15 is 0 Å². The van der Waals surface area contributed by atoms with Crippen LogP contribution in [-0.2, 0) is 11.2 Å². The lowest BCUT2D eigenvalue weighted by atomic mass is 9.98. The van der Waals surface area contributed by atoms with Gasteiger partial charge in [-0.05, 0) is 67.7 Å². The summed E-state index contributed by atoms with van der Waals surface area (Å²) in [5, 5.41) is 0. The fourth-order valence-electron chi connectivity index (χ4n) is 4.90. The number of nitrogens with zero attached hydrogens (tertiary/aromatic N) is 1. The van der Waals surface area contributed by atoms with Gasteiger partial charge in [-0.1, -0.05) is 81.3 Å². The first-order chi connectivity index (χ1) is 17.5. The summed E-state index contributed by atoms with van der Waals surface area (Å²) < 4.78 is 1.02. The van der Waals surface area contributed by atoms with Crippen molar-refractivity contribution in [1.82, 2.24) is 0 Å². The van der Waals surface area contributed by atoms with E-state index in [9.17, 15) is 4.79 Å². The molecule has 192 valence electrons. The minimum Gasteiger partial charge on any atom is -0.307 e. The molecule has 3 aromatic rings. The molecule has 0 aliphatic carbocycles. The van der Waals surface area contributed by atoms with Gasteiger partial charge in [-0.25, -0.2) is 0 Å². The topological polar surface area (TPSA) is 20.3 Å². The number of thiophene rings is 2. The molecule has 4 rings (SSSR count). The maximum absolute atomic E-state index is 13.7. The molecule has 5 heteroatoms.